The molecule has 0 saturated carbocycles. The molecule has 1 aromatic heterocycles. The number of esters is 1. The first kappa shape index (κ1) is 18.1. The van der Waals surface area contributed by atoms with Crippen LogP contribution in [0, 0.1) is 11.6 Å². The Balaban J connectivity index is 1.57. The molecule has 0 spiro atoms. The number of fused-ring (bicyclic) bond motifs is 1. The number of nitrogens with zero attached hydrogens (tertiary/aromatic N) is 1. The Morgan fingerprint density at radius 2 is 1.75 bits per heavy atom. The van der Waals surface area contributed by atoms with Gasteiger partial charge in [-0.2, -0.15) is 0 Å². The Bertz CT molecular complexity index is 1170. The number of carbonyl (C=O) groups is 1. The third kappa shape index (κ3) is 3.57. The van der Waals surface area contributed by atoms with Crippen LogP contribution in [-0.2, 0) is 4.74 Å². The SMILES string of the molecule is COC(=O)c1ccc(-c2ccc(Nc3nc4ccc(F)cc4s3)c(F)c2)cc1. The molecule has 0 aliphatic carbocycles. The summed E-state index contributed by atoms with van der Waals surface area (Å²) >= 11 is 1.25. The number of nitrogens with one attached hydrogen (secondary N) is 1. The second-order valence-corrected chi connectivity index (χ2v) is 7.05. The van der Waals surface area contributed by atoms with Crippen molar-refractivity contribution in [3.05, 3.63) is 77.9 Å². The number of hydrogen-bond acceptors (Lipinski definition) is 5. The maximum Gasteiger partial charge on any atom is 0.337 e. The minimum atomic E-state index is -0.444. The number of rotatable bonds is 4. The highest BCUT2D eigenvalue weighted by atomic mass is 32.1. The molecule has 1 N–H and O–H groups in total. The van der Waals surface area contributed by atoms with Crippen LogP contribution in [0.3, 0.4) is 0 Å². The van der Waals surface area contributed by atoms with E-state index in [-0.39, 0.29) is 11.5 Å². The lowest BCUT2D eigenvalue weighted by Gasteiger charge is -2.08. The minimum Gasteiger partial charge on any atom is -0.465 e. The molecule has 4 aromatic rings. The van der Waals surface area contributed by atoms with Gasteiger partial charge in [-0.3, -0.25) is 0 Å². The number of halogens is 2. The molecular weight excluding hydrogens is 382 g/mol. The summed E-state index contributed by atoms with van der Waals surface area (Å²) in [6.45, 7) is 0. The molecule has 0 aliphatic rings. The molecular formula is C21H14F2N2O2S. The minimum absolute atomic E-state index is 0.273. The van der Waals surface area contributed by atoms with E-state index in [0.717, 1.165) is 5.56 Å². The van der Waals surface area contributed by atoms with E-state index in [9.17, 15) is 13.6 Å². The molecule has 4 rings (SSSR count). The summed E-state index contributed by atoms with van der Waals surface area (Å²) in [6, 6.07) is 15.8. The first-order chi connectivity index (χ1) is 13.5. The average molecular weight is 396 g/mol. The standard InChI is InChI=1S/C21H14F2N2O2S/c1-27-20(26)13-4-2-12(3-5-13)14-6-8-17(16(23)10-14)24-21-25-18-9-7-15(22)11-19(18)28-21/h2-11H,1H3,(H,24,25). The van der Waals surface area contributed by atoms with E-state index in [1.165, 1.54) is 36.6 Å². The molecule has 0 unspecified atom stereocenters. The largest absolute Gasteiger partial charge is 0.465 e. The van der Waals surface area contributed by atoms with E-state index in [1.807, 2.05) is 0 Å². The monoisotopic (exact) mass is 396 g/mol. The molecule has 0 radical (unpaired) electrons. The van der Waals surface area contributed by atoms with Crippen LogP contribution in [0.4, 0.5) is 19.6 Å². The Morgan fingerprint density at radius 3 is 2.46 bits per heavy atom. The zero-order valence-electron chi connectivity index (χ0n) is 14.7. The van der Waals surface area contributed by atoms with Gasteiger partial charge in [-0.15, -0.1) is 0 Å². The second-order valence-electron chi connectivity index (χ2n) is 6.02. The Hall–Kier alpha value is -3.32. The van der Waals surface area contributed by atoms with E-state index in [0.29, 0.717) is 26.5 Å². The average Bonchev–Trinajstić information content (AvgIpc) is 3.10. The highest BCUT2D eigenvalue weighted by molar-refractivity contribution is 7.22. The zero-order chi connectivity index (χ0) is 19.7. The maximum absolute atomic E-state index is 14.6. The van der Waals surface area contributed by atoms with Gasteiger partial charge in [0.1, 0.15) is 11.6 Å². The number of methoxy groups -OCH3 is 1. The van der Waals surface area contributed by atoms with E-state index < -0.39 is 11.8 Å². The lowest BCUT2D eigenvalue weighted by atomic mass is 10.0. The van der Waals surface area contributed by atoms with Gasteiger partial charge in [0.15, 0.2) is 5.13 Å². The van der Waals surface area contributed by atoms with Crippen LogP contribution in [0.15, 0.2) is 60.7 Å². The molecule has 7 heteroatoms. The van der Waals surface area contributed by atoms with Crippen molar-refractivity contribution in [1.29, 1.82) is 0 Å². The maximum atomic E-state index is 14.6. The Kier molecular flexibility index (Phi) is 4.75. The molecule has 28 heavy (non-hydrogen) atoms. The summed E-state index contributed by atoms with van der Waals surface area (Å²) in [5, 5.41) is 3.42. The highest BCUT2D eigenvalue weighted by Gasteiger charge is 2.10. The van der Waals surface area contributed by atoms with Gasteiger partial charge in [0.2, 0.25) is 0 Å². The van der Waals surface area contributed by atoms with Crippen LogP contribution < -0.4 is 5.32 Å². The van der Waals surface area contributed by atoms with Gasteiger partial charge in [0.05, 0.1) is 28.6 Å². The highest BCUT2D eigenvalue weighted by Crippen LogP contribution is 2.31. The van der Waals surface area contributed by atoms with Crippen LogP contribution >= 0.6 is 11.3 Å². The van der Waals surface area contributed by atoms with Crippen LogP contribution in [0.5, 0.6) is 0 Å². The quantitative estimate of drug-likeness (QED) is 0.445. The molecule has 0 fully saturated rings. The molecule has 0 saturated heterocycles. The summed E-state index contributed by atoms with van der Waals surface area (Å²) in [5.41, 5.74) is 2.79. The summed E-state index contributed by atoms with van der Waals surface area (Å²) in [6.07, 6.45) is 0. The summed E-state index contributed by atoms with van der Waals surface area (Å²) in [5.74, 6) is -1.20. The number of aromatic nitrogens is 1. The lowest BCUT2D eigenvalue weighted by Crippen LogP contribution is -2.00. The van der Waals surface area contributed by atoms with Crippen molar-refractivity contribution >= 4 is 38.3 Å². The van der Waals surface area contributed by atoms with Crippen molar-refractivity contribution in [3.63, 3.8) is 0 Å². The van der Waals surface area contributed by atoms with Gasteiger partial charge < -0.3 is 10.1 Å². The molecule has 1 heterocycles. The van der Waals surface area contributed by atoms with Crippen molar-refractivity contribution in [2.24, 2.45) is 0 Å². The summed E-state index contributed by atoms with van der Waals surface area (Å²) in [4.78, 5) is 15.8. The normalized spacial score (nSPS) is 10.8. The number of carbonyl (C=O) groups excluding carboxylic acids is 1. The van der Waals surface area contributed by atoms with Crippen molar-refractivity contribution < 1.29 is 18.3 Å². The number of hydrogen-bond donors (Lipinski definition) is 1. The Morgan fingerprint density at radius 1 is 1.00 bits per heavy atom. The van der Waals surface area contributed by atoms with Crippen molar-refractivity contribution in [2.75, 3.05) is 12.4 Å². The third-order valence-electron chi connectivity index (χ3n) is 4.20. The third-order valence-corrected chi connectivity index (χ3v) is 5.13. The molecule has 0 bridgehead atoms. The van der Waals surface area contributed by atoms with Crippen molar-refractivity contribution in [3.8, 4) is 11.1 Å². The second kappa shape index (κ2) is 7.36. The van der Waals surface area contributed by atoms with Gasteiger partial charge in [0.25, 0.3) is 0 Å². The van der Waals surface area contributed by atoms with Gasteiger partial charge in [-0.25, -0.2) is 18.6 Å². The lowest BCUT2D eigenvalue weighted by molar-refractivity contribution is 0.0601. The predicted octanol–water partition coefficient (Wildman–Crippen LogP) is 5.77. The molecule has 4 nitrogen and oxygen atoms in total. The molecule has 140 valence electrons. The summed E-state index contributed by atoms with van der Waals surface area (Å²) in [7, 11) is 1.32. The van der Waals surface area contributed by atoms with Gasteiger partial charge in [-0.1, -0.05) is 29.5 Å². The smallest absolute Gasteiger partial charge is 0.337 e. The van der Waals surface area contributed by atoms with E-state index in [2.05, 4.69) is 15.0 Å². The van der Waals surface area contributed by atoms with E-state index in [4.69, 9.17) is 0 Å². The molecule has 0 atom stereocenters. The van der Waals surface area contributed by atoms with E-state index in [1.54, 1.807) is 42.5 Å². The van der Waals surface area contributed by atoms with Crippen molar-refractivity contribution in [1.82, 2.24) is 4.98 Å². The van der Waals surface area contributed by atoms with Crippen LogP contribution in [-0.4, -0.2) is 18.1 Å². The number of thiazole rings is 1. The topological polar surface area (TPSA) is 51.2 Å². The predicted molar refractivity (Wildman–Crippen MR) is 106 cm³/mol. The van der Waals surface area contributed by atoms with Gasteiger partial charge in [0, 0.05) is 0 Å². The fourth-order valence-electron chi connectivity index (χ4n) is 2.78. The number of benzene rings is 3. The first-order valence-electron chi connectivity index (χ1n) is 8.35. The van der Waals surface area contributed by atoms with Crippen LogP contribution in [0.2, 0.25) is 0 Å². The van der Waals surface area contributed by atoms with Gasteiger partial charge in [-0.05, 0) is 53.6 Å². The molecule has 3 aromatic carbocycles. The van der Waals surface area contributed by atoms with Gasteiger partial charge >= 0.3 is 5.97 Å². The first-order valence-corrected chi connectivity index (χ1v) is 9.16. The zero-order valence-corrected chi connectivity index (χ0v) is 15.5. The number of ether oxygens (including phenoxy) is 1. The molecule has 0 aliphatic heterocycles. The van der Waals surface area contributed by atoms with Crippen LogP contribution in [0.25, 0.3) is 21.3 Å². The summed E-state index contributed by atoms with van der Waals surface area (Å²) < 4.78 is 33.2. The fourth-order valence-corrected chi connectivity index (χ4v) is 3.68. The number of anilines is 2. The van der Waals surface area contributed by atoms with Crippen LogP contribution in [0.1, 0.15) is 10.4 Å². The molecule has 0 amide bonds. The van der Waals surface area contributed by atoms with Crippen molar-refractivity contribution in [2.45, 2.75) is 0 Å². The fraction of sp³-hybridized carbons (Fsp3) is 0.0476. The Labute approximate surface area is 163 Å². The van der Waals surface area contributed by atoms with E-state index >= 15 is 0 Å².